The van der Waals surface area contributed by atoms with Crippen molar-refractivity contribution in [2.45, 2.75) is 13.1 Å². The number of aliphatic imine (C=N–C) groups is 3. The number of aryl methyl sites for hydroxylation is 1. The quantitative estimate of drug-likeness (QED) is 0.897. The van der Waals surface area contributed by atoms with Gasteiger partial charge in [0.1, 0.15) is 18.3 Å². The Hall–Kier alpha value is -3.35. The fraction of sp³-hybridized carbons (Fsp3) is 0.167. The normalized spacial score (nSPS) is 19.2. The highest BCUT2D eigenvalue weighted by atomic mass is 15.2. The molecule has 7 nitrogen and oxygen atoms in total. The van der Waals surface area contributed by atoms with Gasteiger partial charge in [0.25, 0.3) is 0 Å². The Kier molecular flexibility index (Phi) is 4.04. The molecule has 1 aromatic heterocycles. The Bertz CT molecular complexity index is 879. The summed E-state index contributed by atoms with van der Waals surface area (Å²) in [5, 5.41) is 6.46. The lowest BCUT2D eigenvalue weighted by Gasteiger charge is -2.24. The number of aromatic nitrogens is 2. The van der Waals surface area contributed by atoms with Crippen molar-refractivity contribution in [1.29, 1.82) is 0 Å². The highest BCUT2D eigenvalue weighted by Crippen LogP contribution is 2.21. The molecule has 25 heavy (non-hydrogen) atoms. The number of nitrogens with one attached hydrogen (secondary N) is 2. The van der Waals surface area contributed by atoms with Crippen LogP contribution in [0, 0.1) is 6.92 Å². The molecule has 0 radical (unpaired) electrons. The Labute approximate surface area is 145 Å². The van der Waals surface area contributed by atoms with E-state index < -0.39 is 0 Å². The summed E-state index contributed by atoms with van der Waals surface area (Å²) in [7, 11) is 0. The van der Waals surface area contributed by atoms with Gasteiger partial charge >= 0.3 is 0 Å². The number of nitrogens with zero attached hydrogens (tertiary/aromatic N) is 5. The fourth-order valence-corrected chi connectivity index (χ4v) is 2.60. The third kappa shape index (κ3) is 3.30. The predicted molar refractivity (Wildman–Crippen MR) is 97.6 cm³/mol. The minimum Gasteiger partial charge on any atom is -0.372 e. The molecule has 0 fully saturated rings. The zero-order chi connectivity index (χ0) is 17.1. The lowest BCUT2D eigenvalue weighted by Crippen LogP contribution is -2.35. The summed E-state index contributed by atoms with van der Waals surface area (Å²) in [5.41, 5.74) is 4.04. The van der Waals surface area contributed by atoms with Crippen LogP contribution in [0.25, 0.3) is 0 Å². The van der Waals surface area contributed by atoms with E-state index in [-0.39, 0.29) is 6.17 Å². The smallest absolute Gasteiger partial charge is 0.158 e. The average molecular weight is 331 g/mol. The van der Waals surface area contributed by atoms with Crippen LogP contribution in [0.2, 0.25) is 0 Å². The van der Waals surface area contributed by atoms with Crippen LogP contribution in [0.5, 0.6) is 0 Å². The molecule has 2 aliphatic rings. The monoisotopic (exact) mass is 331 g/mol. The second kappa shape index (κ2) is 6.64. The van der Waals surface area contributed by atoms with Crippen LogP contribution in [0.1, 0.15) is 22.9 Å². The third-order valence-electron chi connectivity index (χ3n) is 3.95. The maximum Gasteiger partial charge on any atom is 0.158 e. The van der Waals surface area contributed by atoms with Gasteiger partial charge in [-0.1, -0.05) is 29.8 Å². The summed E-state index contributed by atoms with van der Waals surface area (Å²) in [6.45, 7) is 2.71. The summed E-state index contributed by atoms with van der Waals surface area (Å²) in [6, 6.07) is 8.30. The Morgan fingerprint density at radius 2 is 1.88 bits per heavy atom. The van der Waals surface area contributed by atoms with Gasteiger partial charge in [-0.25, -0.2) is 24.9 Å². The van der Waals surface area contributed by atoms with Gasteiger partial charge in [-0.3, -0.25) is 0 Å². The molecule has 0 amide bonds. The lowest BCUT2D eigenvalue weighted by atomic mass is 10.1. The van der Waals surface area contributed by atoms with E-state index in [0.29, 0.717) is 18.2 Å². The van der Waals surface area contributed by atoms with Crippen LogP contribution in [-0.4, -0.2) is 34.5 Å². The standard InChI is InChI=1S/C18H17N7/c1-12-2-4-13(5-3-12)16-23-17(14-6-19-10-20-7-14)25-18(24-16)15-8-21-11-22-9-15/h2-8,10-11,16H,9H2,1H3,(H,21,22)(H,23,24,25). The third-order valence-corrected chi connectivity index (χ3v) is 3.95. The van der Waals surface area contributed by atoms with Crippen molar-refractivity contribution < 1.29 is 0 Å². The molecule has 1 atom stereocenters. The summed E-state index contributed by atoms with van der Waals surface area (Å²) in [5.74, 6) is 1.36. The molecule has 0 bridgehead atoms. The van der Waals surface area contributed by atoms with Crippen LogP contribution in [-0.2, 0) is 0 Å². The van der Waals surface area contributed by atoms with Crippen molar-refractivity contribution in [2.75, 3.05) is 6.54 Å². The maximum absolute atomic E-state index is 4.78. The van der Waals surface area contributed by atoms with E-state index in [4.69, 9.17) is 4.99 Å². The molecule has 1 unspecified atom stereocenters. The zero-order valence-corrected chi connectivity index (χ0v) is 13.7. The van der Waals surface area contributed by atoms with Gasteiger partial charge in [-0.2, -0.15) is 0 Å². The Morgan fingerprint density at radius 3 is 2.60 bits per heavy atom. The second-order valence-corrected chi connectivity index (χ2v) is 5.81. The van der Waals surface area contributed by atoms with E-state index in [1.54, 1.807) is 24.9 Å². The van der Waals surface area contributed by atoms with Crippen LogP contribution in [0.15, 0.2) is 69.7 Å². The van der Waals surface area contributed by atoms with Gasteiger partial charge in [-0.15, -0.1) is 0 Å². The summed E-state index contributed by atoms with van der Waals surface area (Å²) in [4.78, 5) is 21.8. The molecule has 0 saturated carbocycles. The molecular formula is C18H17N7. The molecule has 0 spiro atoms. The first-order chi connectivity index (χ1) is 12.3. The lowest BCUT2D eigenvalue weighted by molar-refractivity contribution is 0.672. The molecule has 2 aromatic rings. The molecule has 0 saturated heterocycles. The first-order valence-corrected chi connectivity index (χ1v) is 7.99. The van der Waals surface area contributed by atoms with Crippen LogP contribution in [0.4, 0.5) is 0 Å². The number of benzene rings is 1. The SMILES string of the molecule is Cc1ccc(C2N=C(C3=CN=CNC3)N=C(c3cncnc3)N2)cc1. The van der Waals surface area contributed by atoms with Crippen molar-refractivity contribution in [1.82, 2.24) is 20.6 Å². The molecule has 1 aromatic carbocycles. The van der Waals surface area contributed by atoms with Crippen molar-refractivity contribution in [2.24, 2.45) is 15.0 Å². The number of hydrogen-bond acceptors (Lipinski definition) is 7. The first kappa shape index (κ1) is 15.2. The van der Waals surface area contributed by atoms with E-state index in [2.05, 4.69) is 61.8 Å². The number of hydrogen-bond donors (Lipinski definition) is 2. The van der Waals surface area contributed by atoms with Gasteiger partial charge in [0.05, 0.1) is 11.9 Å². The Balaban J connectivity index is 1.75. The van der Waals surface area contributed by atoms with E-state index in [1.807, 2.05) is 0 Å². The van der Waals surface area contributed by atoms with Gasteiger partial charge in [0.15, 0.2) is 5.84 Å². The van der Waals surface area contributed by atoms with Crippen molar-refractivity contribution in [3.63, 3.8) is 0 Å². The molecule has 2 N–H and O–H groups in total. The van der Waals surface area contributed by atoms with E-state index in [9.17, 15) is 0 Å². The Morgan fingerprint density at radius 1 is 1.08 bits per heavy atom. The zero-order valence-electron chi connectivity index (χ0n) is 13.7. The van der Waals surface area contributed by atoms with E-state index in [1.165, 1.54) is 11.9 Å². The first-order valence-electron chi connectivity index (χ1n) is 7.99. The molecule has 2 aliphatic heterocycles. The largest absolute Gasteiger partial charge is 0.372 e. The van der Waals surface area contributed by atoms with E-state index >= 15 is 0 Å². The summed E-state index contributed by atoms with van der Waals surface area (Å²) < 4.78 is 0. The minimum atomic E-state index is -0.227. The van der Waals surface area contributed by atoms with Crippen LogP contribution in [0.3, 0.4) is 0 Å². The minimum absolute atomic E-state index is 0.227. The van der Waals surface area contributed by atoms with Gasteiger partial charge in [-0.05, 0) is 12.5 Å². The molecule has 7 heteroatoms. The summed E-state index contributed by atoms with van der Waals surface area (Å²) >= 11 is 0. The van der Waals surface area contributed by atoms with Crippen LogP contribution >= 0.6 is 0 Å². The fourth-order valence-electron chi connectivity index (χ4n) is 2.60. The molecule has 124 valence electrons. The van der Waals surface area contributed by atoms with Crippen LogP contribution < -0.4 is 10.6 Å². The highest BCUT2D eigenvalue weighted by molar-refractivity contribution is 6.13. The van der Waals surface area contributed by atoms with Gasteiger partial charge < -0.3 is 10.6 Å². The van der Waals surface area contributed by atoms with Crippen molar-refractivity contribution >= 4 is 18.0 Å². The van der Waals surface area contributed by atoms with Gasteiger partial charge in [0, 0.05) is 30.7 Å². The van der Waals surface area contributed by atoms with E-state index in [0.717, 1.165) is 16.7 Å². The predicted octanol–water partition coefficient (Wildman–Crippen LogP) is 1.75. The van der Waals surface area contributed by atoms with Crippen molar-refractivity contribution in [3.05, 3.63) is 71.4 Å². The molecular weight excluding hydrogens is 314 g/mol. The highest BCUT2D eigenvalue weighted by Gasteiger charge is 2.22. The second-order valence-electron chi connectivity index (χ2n) is 5.81. The van der Waals surface area contributed by atoms with Crippen molar-refractivity contribution in [3.8, 4) is 0 Å². The number of amidine groups is 2. The average Bonchev–Trinajstić information content (AvgIpc) is 2.69. The summed E-state index contributed by atoms with van der Waals surface area (Å²) in [6.07, 6.45) is 8.20. The number of rotatable bonds is 3. The maximum atomic E-state index is 4.78. The van der Waals surface area contributed by atoms with Gasteiger partial charge in [0.2, 0.25) is 0 Å². The molecule has 3 heterocycles. The topological polar surface area (TPSA) is 86.9 Å². The molecule has 4 rings (SSSR count). The molecule has 0 aliphatic carbocycles.